The number of carbonyl (C=O) groups is 1. The first-order valence-corrected chi connectivity index (χ1v) is 5.11. The highest BCUT2D eigenvalue weighted by molar-refractivity contribution is 5.83. The van der Waals surface area contributed by atoms with E-state index in [9.17, 15) is 9.59 Å². The first-order valence-electron chi connectivity index (χ1n) is 5.11. The van der Waals surface area contributed by atoms with Crippen LogP contribution in [0.25, 0.3) is 0 Å². The second kappa shape index (κ2) is 6.02. The molecule has 0 fully saturated rings. The third-order valence-corrected chi connectivity index (χ3v) is 2.15. The van der Waals surface area contributed by atoms with E-state index in [0.717, 1.165) is 5.56 Å². The lowest BCUT2D eigenvalue weighted by Gasteiger charge is -2.13. The summed E-state index contributed by atoms with van der Waals surface area (Å²) in [6.07, 6.45) is 2.23. The Bertz CT molecular complexity index is 349. The fraction of sp³-hybridized carbons (Fsp3) is 0.333. The minimum atomic E-state index is -0.638. The van der Waals surface area contributed by atoms with Crippen molar-refractivity contribution in [3.8, 4) is 0 Å². The molecule has 0 aromatic heterocycles. The molecule has 0 aliphatic carbocycles. The van der Waals surface area contributed by atoms with Gasteiger partial charge in [-0.15, -0.1) is 0 Å². The highest BCUT2D eigenvalue weighted by Gasteiger charge is 2.15. The summed E-state index contributed by atoms with van der Waals surface area (Å²) < 4.78 is 0. The molecule has 0 heterocycles. The Morgan fingerprint density at radius 3 is 2.56 bits per heavy atom. The van der Waals surface area contributed by atoms with Crippen LogP contribution in [0.5, 0.6) is 0 Å². The average Bonchev–Trinajstić information content (AvgIpc) is 2.29. The number of nitrogens with one attached hydrogen (secondary N) is 1. The molecule has 1 aromatic carbocycles. The second-order valence-corrected chi connectivity index (χ2v) is 3.66. The van der Waals surface area contributed by atoms with E-state index in [1.54, 1.807) is 13.2 Å². The van der Waals surface area contributed by atoms with Gasteiger partial charge in [0.15, 0.2) is 0 Å². The summed E-state index contributed by atoms with van der Waals surface area (Å²) in [6, 6.07) is 8.18. The van der Waals surface area contributed by atoms with Gasteiger partial charge in [0, 0.05) is 6.42 Å². The molecule has 0 unspecified atom stereocenters. The van der Waals surface area contributed by atoms with E-state index >= 15 is 0 Å². The van der Waals surface area contributed by atoms with Crippen molar-refractivity contribution in [1.29, 1.82) is 0 Å². The number of benzene rings is 1. The van der Waals surface area contributed by atoms with Crippen LogP contribution in [-0.2, 0) is 16.0 Å². The molecule has 2 atom stereocenters. The summed E-state index contributed by atoms with van der Waals surface area (Å²) in [7, 11) is 0. The van der Waals surface area contributed by atoms with Crippen LogP contribution in [-0.4, -0.2) is 24.3 Å². The molecule has 0 aliphatic heterocycles. The van der Waals surface area contributed by atoms with Gasteiger partial charge in [-0.2, -0.15) is 0 Å². The van der Waals surface area contributed by atoms with Crippen LogP contribution in [0.3, 0.4) is 0 Å². The van der Waals surface area contributed by atoms with Gasteiger partial charge in [-0.05, 0) is 12.5 Å². The van der Waals surface area contributed by atoms with Crippen LogP contribution >= 0.6 is 0 Å². The predicted molar refractivity (Wildman–Crippen MR) is 61.4 cm³/mol. The lowest BCUT2D eigenvalue weighted by Crippen LogP contribution is -2.45. The summed E-state index contributed by atoms with van der Waals surface area (Å²) >= 11 is 0. The molecular weight excluding hydrogens is 204 g/mol. The van der Waals surface area contributed by atoms with Crippen LogP contribution in [0.4, 0.5) is 0 Å². The highest BCUT2D eigenvalue weighted by Crippen LogP contribution is 2.01. The number of hydrogen-bond donors (Lipinski definition) is 2. The maximum Gasteiger partial charge on any atom is 0.237 e. The molecule has 3 N–H and O–H groups in total. The van der Waals surface area contributed by atoms with E-state index in [0.29, 0.717) is 6.42 Å². The molecule has 0 saturated carbocycles. The van der Waals surface area contributed by atoms with Gasteiger partial charge < -0.3 is 11.1 Å². The molecule has 1 aromatic rings. The Hall–Kier alpha value is -1.68. The van der Waals surface area contributed by atoms with Gasteiger partial charge in [0.05, 0.1) is 12.1 Å². The normalized spacial score (nSPS) is 13.9. The van der Waals surface area contributed by atoms with Gasteiger partial charge in [0.2, 0.25) is 12.2 Å². The number of amides is 1. The van der Waals surface area contributed by atoms with Crippen molar-refractivity contribution in [3.05, 3.63) is 35.9 Å². The third-order valence-electron chi connectivity index (χ3n) is 2.15. The smallest absolute Gasteiger partial charge is 0.237 e. The molecule has 4 nitrogen and oxygen atoms in total. The zero-order chi connectivity index (χ0) is 12.0. The monoisotopic (exact) mass is 219 g/mol. The Balaban J connectivity index is 2.56. The molecule has 0 spiro atoms. The zero-order valence-electron chi connectivity index (χ0n) is 9.14. The van der Waals surface area contributed by atoms with E-state index < -0.39 is 12.1 Å². The first-order chi connectivity index (χ1) is 7.63. The van der Waals surface area contributed by atoms with Crippen molar-refractivity contribution in [1.82, 2.24) is 5.32 Å². The van der Waals surface area contributed by atoms with Crippen LogP contribution in [0.15, 0.2) is 30.3 Å². The standard InChI is InChI=1S/C12H15N2O2/c1-9(13)12(16)14-11(8-15)7-10-5-3-2-4-6-10/h2-6,9,11H,7,13H2,1H3,(H,14,16)/t9-,11+/m0/s1. The number of rotatable bonds is 5. The van der Waals surface area contributed by atoms with Crippen LogP contribution < -0.4 is 11.1 Å². The Labute approximate surface area is 94.8 Å². The summed E-state index contributed by atoms with van der Waals surface area (Å²) in [6.45, 7) is 1.57. The maximum atomic E-state index is 11.3. The summed E-state index contributed by atoms with van der Waals surface area (Å²) in [5, 5.41) is 2.53. The van der Waals surface area contributed by atoms with Gasteiger partial charge in [0.25, 0.3) is 0 Å². The Morgan fingerprint density at radius 1 is 1.44 bits per heavy atom. The van der Waals surface area contributed by atoms with Crippen LogP contribution in [0, 0.1) is 0 Å². The third kappa shape index (κ3) is 3.82. The van der Waals surface area contributed by atoms with Crippen molar-refractivity contribution in [2.45, 2.75) is 25.4 Å². The van der Waals surface area contributed by atoms with Gasteiger partial charge in [-0.1, -0.05) is 30.3 Å². The van der Waals surface area contributed by atoms with E-state index in [4.69, 9.17) is 5.73 Å². The zero-order valence-corrected chi connectivity index (χ0v) is 9.14. The van der Waals surface area contributed by atoms with E-state index in [1.807, 2.05) is 30.3 Å². The van der Waals surface area contributed by atoms with Crippen molar-refractivity contribution in [2.24, 2.45) is 5.73 Å². The van der Waals surface area contributed by atoms with Gasteiger partial charge in [-0.25, -0.2) is 0 Å². The summed E-state index contributed by atoms with van der Waals surface area (Å²) in [4.78, 5) is 22.0. The average molecular weight is 219 g/mol. The van der Waals surface area contributed by atoms with Crippen molar-refractivity contribution in [3.63, 3.8) is 0 Å². The molecule has 1 radical (unpaired) electrons. The van der Waals surface area contributed by atoms with Crippen molar-refractivity contribution in [2.75, 3.05) is 0 Å². The molecule has 4 heteroatoms. The SMILES string of the molecule is C[C@H](N)C(=O)N[C@@H]([C]=O)Cc1ccccc1. The van der Waals surface area contributed by atoms with E-state index in [2.05, 4.69) is 5.32 Å². The minimum Gasteiger partial charge on any atom is -0.344 e. The minimum absolute atomic E-state index is 0.343. The van der Waals surface area contributed by atoms with Crippen molar-refractivity contribution >= 4 is 12.2 Å². The second-order valence-electron chi connectivity index (χ2n) is 3.66. The number of hydrogen-bond acceptors (Lipinski definition) is 3. The summed E-state index contributed by atoms with van der Waals surface area (Å²) in [5.74, 6) is -0.343. The quantitative estimate of drug-likeness (QED) is 0.741. The first kappa shape index (κ1) is 12.4. The van der Waals surface area contributed by atoms with Crippen molar-refractivity contribution < 1.29 is 9.59 Å². The summed E-state index contributed by atoms with van der Waals surface area (Å²) in [5.41, 5.74) is 6.36. The highest BCUT2D eigenvalue weighted by atomic mass is 16.2. The molecule has 0 aliphatic rings. The molecule has 0 bridgehead atoms. The topological polar surface area (TPSA) is 72.2 Å². The molecular formula is C12H15N2O2. The molecule has 0 saturated heterocycles. The number of nitrogens with two attached hydrogens (primary N) is 1. The van der Waals surface area contributed by atoms with Gasteiger partial charge in [0.1, 0.15) is 0 Å². The molecule has 85 valence electrons. The fourth-order valence-corrected chi connectivity index (χ4v) is 1.28. The molecule has 16 heavy (non-hydrogen) atoms. The largest absolute Gasteiger partial charge is 0.344 e. The lowest BCUT2D eigenvalue weighted by atomic mass is 10.1. The van der Waals surface area contributed by atoms with Crippen LogP contribution in [0.2, 0.25) is 0 Å². The molecule has 1 rings (SSSR count). The predicted octanol–water partition coefficient (Wildman–Crippen LogP) is 0.171. The Kier molecular flexibility index (Phi) is 4.66. The number of carbonyl (C=O) groups excluding carboxylic acids is 2. The maximum absolute atomic E-state index is 11.3. The lowest BCUT2D eigenvalue weighted by molar-refractivity contribution is -0.122. The van der Waals surface area contributed by atoms with Gasteiger partial charge >= 0.3 is 0 Å². The van der Waals surface area contributed by atoms with E-state index in [-0.39, 0.29) is 5.91 Å². The van der Waals surface area contributed by atoms with Gasteiger partial charge in [-0.3, -0.25) is 9.59 Å². The molecule has 1 amide bonds. The fourth-order valence-electron chi connectivity index (χ4n) is 1.28. The van der Waals surface area contributed by atoms with Crippen LogP contribution in [0.1, 0.15) is 12.5 Å². The Morgan fingerprint density at radius 2 is 2.06 bits per heavy atom. The van der Waals surface area contributed by atoms with E-state index in [1.165, 1.54) is 0 Å².